The normalized spacial score (nSPS) is 29.1. The number of hydrogen-bond acceptors (Lipinski definition) is 2. The highest BCUT2D eigenvalue weighted by Crippen LogP contribution is 2.27. The van der Waals surface area contributed by atoms with Gasteiger partial charge in [-0.1, -0.05) is 30.3 Å². The van der Waals surface area contributed by atoms with E-state index in [0.29, 0.717) is 12.5 Å². The summed E-state index contributed by atoms with van der Waals surface area (Å²) in [4.78, 5) is 0. The number of hydrogen-bond donors (Lipinski definition) is 1. The van der Waals surface area contributed by atoms with Gasteiger partial charge in [-0.05, 0) is 5.56 Å². The number of aliphatic hydroxyl groups is 1. The van der Waals surface area contributed by atoms with E-state index in [1.165, 1.54) is 5.56 Å². The van der Waals surface area contributed by atoms with Crippen molar-refractivity contribution in [1.82, 2.24) is 0 Å². The Hall–Kier alpha value is -0.860. The van der Waals surface area contributed by atoms with Crippen molar-refractivity contribution in [2.24, 2.45) is 0 Å². The Balaban J connectivity index is 2.11. The van der Waals surface area contributed by atoms with Crippen LogP contribution in [-0.2, 0) is 4.74 Å². The van der Waals surface area contributed by atoms with E-state index in [-0.39, 0.29) is 0 Å². The van der Waals surface area contributed by atoms with Crippen molar-refractivity contribution in [3.05, 3.63) is 35.9 Å². The van der Waals surface area contributed by atoms with Gasteiger partial charge in [0.25, 0.3) is 0 Å². The summed E-state index contributed by atoms with van der Waals surface area (Å²) in [6, 6.07) is 10.2. The molecule has 1 aromatic carbocycles. The lowest BCUT2D eigenvalue weighted by molar-refractivity contribution is -0.0589. The predicted molar refractivity (Wildman–Crippen MR) is 45.8 cm³/mol. The fourth-order valence-corrected chi connectivity index (χ4v) is 1.56. The third-order valence-corrected chi connectivity index (χ3v) is 2.25. The standard InChI is InChI=1S/C10H12O2/c11-10-6-9(7-12-10)8-4-2-1-3-5-8/h1-5,9-11H,6-7H2/t9-,10+/m1/s1. The second kappa shape index (κ2) is 3.25. The molecule has 1 N–H and O–H groups in total. The maximum atomic E-state index is 9.14. The molecule has 0 spiro atoms. The molecule has 0 saturated carbocycles. The zero-order valence-corrected chi connectivity index (χ0v) is 6.81. The van der Waals surface area contributed by atoms with Crippen LogP contribution in [0.15, 0.2) is 30.3 Å². The van der Waals surface area contributed by atoms with Gasteiger partial charge in [0.15, 0.2) is 6.29 Å². The Kier molecular flexibility index (Phi) is 2.11. The second-order valence-electron chi connectivity index (χ2n) is 3.13. The van der Waals surface area contributed by atoms with Crippen LogP contribution in [0.5, 0.6) is 0 Å². The molecule has 1 fully saturated rings. The first kappa shape index (κ1) is 7.77. The van der Waals surface area contributed by atoms with Gasteiger partial charge in [0.05, 0.1) is 6.61 Å². The number of aliphatic hydroxyl groups excluding tert-OH is 1. The predicted octanol–water partition coefficient (Wildman–Crippen LogP) is 1.51. The minimum absolute atomic E-state index is 0.376. The van der Waals surface area contributed by atoms with Crippen molar-refractivity contribution < 1.29 is 9.84 Å². The van der Waals surface area contributed by atoms with Crippen molar-refractivity contribution in [3.8, 4) is 0 Å². The summed E-state index contributed by atoms with van der Waals surface area (Å²) in [5.74, 6) is 0.376. The zero-order valence-electron chi connectivity index (χ0n) is 6.81. The molecule has 2 nitrogen and oxygen atoms in total. The number of ether oxygens (including phenoxy) is 1. The summed E-state index contributed by atoms with van der Waals surface area (Å²) in [6.45, 7) is 0.644. The summed E-state index contributed by atoms with van der Waals surface area (Å²) in [5, 5.41) is 9.14. The molecule has 0 bridgehead atoms. The lowest BCUT2D eigenvalue weighted by Gasteiger charge is -2.05. The lowest BCUT2D eigenvalue weighted by atomic mass is 9.98. The van der Waals surface area contributed by atoms with Crippen molar-refractivity contribution in [1.29, 1.82) is 0 Å². The van der Waals surface area contributed by atoms with Gasteiger partial charge in [0.1, 0.15) is 0 Å². The molecule has 0 unspecified atom stereocenters. The second-order valence-corrected chi connectivity index (χ2v) is 3.13. The van der Waals surface area contributed by atoms with Crippen LogP contribution in [-0.4, -0.2) is 18.0 Å². The van der Waals surface area contributed by atoms with Crippen molar-refractivity contribution in [2.75, 3.05) is 6.61 Å². The minimum atomic E-state index is -0.560. The molecule has 0 radical (unpaired) electrons. The Morgan fingerprint density at radius 1 is 1.25 bits per heavy atom. The van der Waals surface area contributed by atoms with Gasteiger partial charge in [-0.3, -0.25) is 0 Å². The lowest BCUT2D eigenvalue weighted by Crippen LogP contribution is -2.00. The van der Waals surface area contributed by atoms with Crippen molar-refractivity contribution in [2.45, 2.75) is 18.6 Å². The van der Waals surface area contributed by atoms with Crippen LogP contribution in [0.25, 0.3) is 0 Å². The van der Waals surface area contributed by atoms with Crippen LogP contribution in [0.3, 0.4) is 0 Å². The first-order chi connectivity index (χ1) is 5.86. The van der Waals surface area contributed by atoms with Crippen LogP contribution in [0, 0.1) is 0 Å². The van der Waals surface area contributed by atoms with Crippen LogP contribution in [0.4, 0.5) is 0 Å². The van der Waals surface area contributed by atoms with Gasteiger partial charge in [-0.25, -0.2) is 0 Å². The molecule has 12 heavy (non-hydrogen) atoms. The Morgan fingerprint density at radius 2 is 2.00 bits per heavy atom. The first-order valence-electron chi connectivity index (χ1n) is 4.21. The van der Waals surface area contributed by atoms with Crippen molar-refractivity contribution in [3.63, 3.8) is 0 Å². The molecule has 2 rings (SSSR count). The molecule has 0 amide bonds. The van der Waals surface area contributed by atoms with Crippen LogP contribution in [0.2, 0.25) is 0 Å². The topological polar surface area (TPSA) is 29.5 Å². The molecular weight excluding hydrogens is 152 g/mol. The molecule has 0 aromatic heterocycles. The van der Waals surface area contributed by atoms with E-state index in [4.69, 9.17) is 9.84 Å². The molecule has 1 heterocycles. The minimum Gasteiger partial charge on any atom is -0.368 e. The average Bonchev–Trinajstić information content (AvgIpc) is 2.54. The summed E-state index contributed by atoms with van der Waals surface area (Å²) < 4.78 is 5.08. The molecule has 0 aliphatic carbocycles. The monoisotopic (exact) mass is 164 g/mol. The third kappa shape index (κ3) is 1.49. The summed E-state index contributed by atoms with van der Waals surface area (Å²) in [5.41, 5.74) is 1.26. The quantitative estimate of drug-likeness (QED) is 0.681. The molecule has 2 heteroatoms. The van der Waals surface area contributed by atoms with Crippen LogP contribution >= 0.6 is 0 Å². The van der Waals surface area contributed by atoms with E-state index >= 15 is 0 Å². The highest BCUT2D eigenvalue weighted by atomic mass is 16.6. The molecule has 1 aliphatic rings. The van der Waals surface area contributed by atoms with Gasteiger partial charge in [-0.15, -0.1) is 0 Å². The average molecular weight is 164 g/mol. The van der Waals surface area contributed by atoms with E-state index in [1.807, 2.05) is 18.2 Å². The summed E-state index contributed by atoms with van der Waals surface area (Å²) in [6.07, 6.45) is 0.166. The number of benzene rings is 1. The van der Waals surface area contributed by atoms with Gasteiger partial charge in [0.2, 0.25) is 0 Å². The first-order valence-corrected chi connectivity index (χ1v) is 4.21. The zero-order chi connectivity index (χ0) is 8.39. The maximum Gasteiger partial charge on any atom is 0.155 e. The van der Waals surface area contributed by atoms with Gasteiger partial charge >= 0.3 is 0 Å². The Labute approximate surface area is 71.8 Å². The molecule has 1 saturated heterocycles. The SMILES string of the molecule is O[C@@H]1C[C@@H](c2ccccc2)CO1. The molecule has 1 aliphatic heterocycles. The van der Waals surface area contributed by atoms with E-state index < -0.39 is 6.29 Å². The van der Waals surface area contributed by atoms with Crippen LogP contribution in [0.1, 0.15) is 17.9 Å². The van der Waals surface area contributed by atoms with E-state index in [0.717, 1.165) is 6.42 Å². The summed E-state index contributed by atoms with van der Waals surface area (Å²) in [7, 11) is 0. The van der Waals surface area contributed by atoms with E-state index in [1.54, 1.807) is 0 Å². The van der Waals surface area contributed by atoms with E-state index in [9.17, 15) is 0 Å². The highest BCUT2D eigenvalue weighted by molar-refractivity contribution is 5.20. The van der Waals surface area contributed by atoms with Gasteiger partial charge in [-0.2, -0.15) is 0 Å². The molecule has 2 atom stereocenters. The van der Waals surface area contributed by atoms with E-state index in [2.05, 4.69) is 12.1 Å². The molecule has 64 valence electrons. The Morgan fingerprint density at radius 3 is 2.58 bits per heavy atom. The fraction of sp³-hybridized carbons (Fsp3) is 0.400. The Bertz CT molecular complexity index is 245. The smallest absolute Gasteiger partial charge is 0.155 e. The highest BCUT2D eigenvalue weighted by Gasteiger charge is 2.24. The van der Waals surface area contributed by atoms with Crippen LogP contribution < -0.4 is 0 Å². The molecule has 1 aromatic rings. The maximum absolute atomic E-state index is 9.14. The largest absolute Gasteiger partial charge is 0.368 e. The van der Waals surface area contributed by atoms with Gasteiger partial charge < -0.3 is 9.84 Å². The molecular formula is C10H12O2. The van der Waals surface area contributed by atoms with Crippen molar-refractivity contribution >= 4 is 0 Å². The van der Waals surface area contributed by atoms with Gasteiger partial charge in [0, 0.05) is 12.3 Å². The summed E-state index contributed by atoms with van der Waals surface area (Å²) >= 11 is 0. The fourth-order valence-electron chi connectivity index (χ4n) is 1.56. The third-order valence-electron chi connectivity index (χ3n) is 2.25. The number of rotatable bonds is 1.